The van der Waals surface area contributed by atoms with Crippen molar-refractivity contribution in [3.05, 3.63) is 71.1 Å². The molecule has 46 heavy (non-hydrogen) atoms. The van der Waals surface area contributed by atoms with Crippen LogP contribution in [0, 0.1) is 24.0 Å². The number of nitrogens with one attached hydrogen (secondary N) is 1. The molecular formula is C29H35F3N6O7S. The Labute approximate surface area is 264 Å². The summed E-state index contributed by atoms with van der Waals surface area (Å²) in [5, 5.41) is 20.3. The Morgan fingerprint density at radius 2 is 1.63 bits per heavy atom. The van der Waals surface area contributed by atoms with Crippen LogP contribution in [0.4, 0.5) is 13.2 Å². The van der Waals surface area contributed by atoms with Crippen LogP contribution in [0.15, 0.2) is 64.8 Å². The molecule has 2 atom stereocenters. The first-order chi connectivity index (χ1) is 21.3. The summed E-state index contributed by atoms with van der Waals surface area (Å²) < 4.78 is 74.8. The number of rotatable bonds is 12. The molecular weight excluding hydrogens is 633 g/mol. The molecule has 1 unspecified atom stereocenters. The zero-order chi connectivity index (χ0) is 34.6. The number of ether oxygens (including phenoxy) is 1. The molecule has 1 heterocycles. The van der Waals surface area contributed by atoms with Crippen LogP contribution >= 0.6 is 0 Å². The van der Waals surface area contributed by atoms with Gasteiger partial charge in [0.1, 0.15) is 0 Å². The van der Waals surface area contributed by atoms with E-state index in [9.17, 15) is 36.4 Å². The Morgan fingerprint density at radius 3 is 2.15 bits per heavy atom. The lowest BCUT2D eigenvalue weighted by Crippen LogP contribution is -2.51. The SMILES string of the molecule is Cc1ccc(-c2cc(C(F)(F)F)nn2-c2ccc(S(=O)(=O)NC(=O)[C@H](C(C)C)N(C)[N+]([O-])=NOC(C)OC(=O)C(C)C)cc2)cc1. The Bertz CT molecular complexity index is 1670. The van der Waals surface area contributed by atoms with Gasteiger partial charge in [-0.15, -0.1) is 5.01 Å². The van der Waals surface area contributed by atoms with Crippen LogP contribution in [-0.2, 0) is 35.4 Å². The van der Waals surface area contributed by atoms with Crippen molar-refractivity contribution in [1.29, 1.82) is 0 Å². The minimum absolute atomic E-state index is 0.0870. The maximum Gasteiger partial charge on any atom is 0.435 e. The third-order valence-electron chi connectivity index (χ3n) is 6.57. The number of hydrogen-bond donors (Lipinski definition) is 1. The molecule has 17 heteroatoms. The number of nitrogens with zero attached hydrogens (tertiary/aromatic N) is 5. The summed E-state index contributed by atoms with van der Waals surface area (Å²) >= 11 is 0. The lowest BCUT2D eigenvalue weighted by molar-refractivity contribution is -0.713. The first kappa shape index (κ1) is 35.8. The highest BCUT2D eigenvalue weighted by Gasteiger charge is 2.36. The molecule has 0 radical (unpaired) electrons. The van der Waals surface area contributed by atoms with Crippen molar-refractivity contribution < 1.29 is 45.7 Å². The van der Waals surface area contributed by atoms with Crippen LogP contribution in [0.2, 0.25) is 0 Å². The first-order valence-corrected chi connectivity index (χ1v) is 15.5. The predicted octanol–water partition coefficient (Wildman–Crippen LogP) is 4.98. The van der Waals surface area contributed by atoms with E-state index in [0.717, 1.165) is 33.5 Å². The number of hydrogen-bond acceptors (Lipinski definition) is 9. The van der Waals surface area contributed by atoms with Gasteiger partial charge >= 0.3 is 12.1 Å². The van der Waals surface area contributed by atoms with Gasteiger partial charge in [-0.05, 0) is 43.2 Å². The fraction of sp³-hybridized carbons (Fsp3) is 0.414. The van der Waals surface area contributed by atoms with Crippen molar-refractivity contribution in [3.63, 3.8) is 0 Å². The molecule has 2 aromatic carbocycles. The minimum Gasteiger partial charge on any atom is -0.569 e. The second kappa shape index (κ2) is 14.2. The Hall–Kier alpha value is -4.67. The second-order valence-corrected chi connectivity index (χ2v) is 12.7. The third kappa shape index (κ3) is 8.74. The summed E-state index contributed by atoms with van der Waals surface area (Å²) in [6.45, 7) is 9.49. The number of alkyl halides is 3. The van der Waals surface area contributed by atoms with Gasteiger partial charge in [0.25, 0.3) is 22.2 Å². The van der Waals surface area contributed by atoms with E-state index in [1.807, 2.05) is 11.6 Å². The van der Waals surface area contributed by atoms with Crippen molar-refractivity contribution in [2.75, 3.05) is 7.05 Å². The Balaban J connectivity index is 1.82. The zero-order valence-electron chi connectivity index (χ0n) is 26.1. The molecule has 0 saturated heterocycles. The van der Waals surface area contributed by atoms with Crippen LogP contribution in [0.3, 0.4) is 0 Å². The normalized spacial score (nSPS) is 13.8. The highest BCUT2D eigenvalue weighted by molar-refractivity contribution is 7.90. The molecule has 0 bridgehead atoms. The van der Waals surface area contributed by atoms with Crippen molar-refractivity contribution in [2.24, 2.45) is 17.1 Å². The van der Waals surface area contributed by atoms with Gasteiger partial charge in [0.15, 0.2) is 11.7 Å². The average molecular weight is 669 g/mol. The number of carbonyl (C=O) groups is 2. The fourth-order valence-corrected chi connectivity index (χ4v) is 5.16. The number of aromatic nitrogens is 2. The van der Waals surface area contributed by atoms with Crippen LogP contribution in [-0.4, -0.2) is 59.4 Å². The van der Waals surface area contributed by atoms with Crippen molar-refractivity contribution in [3.8, 4) is 16.9 Å². The maximum absolute atomic E-state index is 13.5. The van der Waals surface area contributed by atoms with E-state index in [0.29, 0.717) is 5.56 Å². The fourth-order valence-electron chi connectivity index (χ4n) is 4.16. The van der Waals surface area contributed by atoms with Crippen LogP contribution in [0.25, 0.3) is 16.9 Å². The molecule has 3 aromatic rings. The molecule has 3 rings (SSSR count). The number of sulfonamides is 1. The van der Waals surface area contributed by atoms with E-state index < -0.39 is 57.9 Å². The summed E-state index contributed by atoms with van der Waals surface area (Å²) in [5.41, 5.74) is 0.484. The predicted molar refractivity (Wildman–Crippen MR) is 158 cm³/mol. The summed E-state index contributed by atoms with van der Waals surface area (Å²) in [4.78, 5) is 29.2. The number of benzene rings is 2. The lowest BCUT2D eigenvalue weighted by atomic mass is 10.0. The van der Waals surface area contributed by atoms with Gasteiger partial charge in [0.2, 0.25) is 5.28 Å². The molecule has 1 aromatic heterocycles. The summed E-state index contributed by atoms with van der Waals surface area (Å²) in [5.74, 6) is -2.71. The molecule has 250 valence electrons. The van der Waals surface area contributed by atoms with E-state index in [1.54, 1.807) is 52.0 Å². The van der Waals surface area contributed by atoms with Crippen LogP contribution in [0.1, 0.15) is 45.9 Å². The second-order valence-electron chi connectivity index (χ2n) is 11.0. The first-order valence-electron chi connectivity index (χ1n) is 14.0. The molecule has 0 saturated carbocycles. The van der Waals surface area contributed by atoms with E-state index in [2.05, 4.69) is 10.4 Å². The van der Waals surface area contributed by atoms with Gasteiger partial charge in [-0.3, -0.25) is 14.4 Å². The molecule has 0 fully saturated rings. The van der Waals surface area contributed by atoms with Crippen molar-refractivity contribution in [2.45, 2.75) is 64.9 Å². The standard InChI is InChI=1S/C29H35F3N6O7S/c1-17(2)26(36(7)38(41)35-45-20(6)44-28(40)18(3)4)27(39)34-46(42,43)23-14-12-22(13-15-23)37-24(16-25(33-37)29(30,31)32)21-10-8-19(5)9-11-21/h8-18,20,26H,1-7H3,(H,34,39)/t20?,26-/m0/s1. The van der Waals surface area contributed by atoms with E-state index in [-0.39, 0.29) is 21.2 Å². The monoisotopic (exact) mass is 668 g/mol. The topological polar surface area (TPSA) is 158 Å². The molecule has 1 amide bonds. The van der Waals surface area contributed by atoms with Gasteiger partial charge in [-0.2, -0.15) is 18.3 Å². The van der Waals surface area contributed by atoms with Gasteiger partial charge < -0.3 is 9.94 Å². The largest absolute Gasteiger partial charge is 0.569 e. The molecule has 1 N–H and O–H groups in total. The van der Waals surface area contributed by atoms with Crippen molar-refractivity contribution >= 4 is 21.9 Å². The Kier molecular flexibility index (Phi) is 11.0. The molecule has 0 aliphatic carbocycles. The number of hydrazine groups is 1. The molecule has 0 spiro atoms. The minimum atomic E-state index is -4.73. The van der Waals surface area contributed by atoms with E-state index in [4.69, 9.17) is 9.57 Å². The summed E-state index contributed by atoms with van der Waals surface area (Å²) in [6, 6.07) is 11.0. The quantitative estimate of drug-likeness (QED) is 0.0924. The third-order valence-corrected chi connectivity index (χ3v) is 7.93. The van der Waals surface area contributed by atoms with E-state index in [1.165, 1.54) is 26.1 Å². The lowest BCUT2D eigenvalue weighted by Gasteiger charge is -2.26. The number of likely N-dealkylation sites (N-methyl/N-ethyl adjacent to an activating group) is 1. The number of esters is 1. The highest BCUT2D eigenvalue weighted by Crippen LogP contribution is 2.33. The van der Waals surface area contributed by atoms with Crippen molar-refractivity contribution in [1.82, 2.24) is 19.5 Å². The van der Waals surface area contributed by atoms with Gasteiger partial charge in [-0.1, -0.05) is 57.5 Å². The molecule has 0 aliphatic heterocycles. The smallest absolute Gasteiger partial charge is 0.435 e. The average Bonchev–Trinajstić information content (AvgIpc) is 3.42. The number of carbonyl (C=O) groups excluding carboxylic acids is 2. The molecule has 13 nitrogen and oxygen atoms in total. The number of aryl methyl sites for hydroxylation is 1. The number of halogens is 3. The van der Waals surface area contributed by atoms with Crippen LogP contribution < -0.4 is 4.72 Å². The highest BCUT2D eigenvalue weighted by atomic mass is 32.2. The molecule has 0 aliphatic rings. The number of amides is 1. The Morgan fingerprint density at radius 1 is 1.04 bits per heavy atom. The van der Waals surface area contributed by atoms with E-state index >= 15 is 0 Å². The maximum atomic E-state index is 13.5. The van der Waals surface area contributed by atoms with Gasteiger partial charge in [0, 0.05) is 12.5 Å². The zero-order valence-corrected chi connectivity index (χ0v) is 27.0. The summed E-state index contributed by atoms with van der Waals surface area (Å²) in [6.07, 6.45) is -5.94. The van der Waals surface area contributed by atoms with Gasteiger partial charge in [0.05, 0.1) is 34.2 Å². The van der Waals surface area contributed by atoms with Gasteiger partial charge in [-0.25, -0.2) is 17.8 Å². The summed E-state index contributed by atoms with van der Waals surface area (Å²) in [7, 11) is -3.32. The van der Waals surface area contributed by atoms with Crippen LogP contribution in [0.5, 0.6) is 0 Å².